The first-order valence-electron chi connectivity index (χ1n) is 17.1. The molecule has 3 fully saturated rings. The van der Waals surface area contributed by atoms with Crippen molar-refractivity contribution in [3.05, 3.63) is 81.0 Å². The molecule has 1 saturated carbocycles. The molecular formula is C37H37ClFN5O3. The monoisotopic (exact) mass is 653 g/mol. The lowest BCUT2D eigenvalue weighted by Crippen LogP contribution is -2.39. The fourth-order valence-corrected chi connectivity index (χ4v) is 8.35. The van der Waals surface area contributed by atoms with E-state index in [-0.39, 0.29) is 41.5 Å². The summed E-state index contributed by atoms with van der Waals surface area (Å²) in [6.07, 6.45) is 10.6. The molecule has 0 spiro atoms. The highest BCUT2D eigenvalue weighted by atomic mass is 35.5. The van der Waals surface area contributed by atoms with Gasteiger partial charge in [0.25, 0.3) is 5.56 Å². The predicted molar refractivity (Wildman–Crippen MR) is 181 cm³/mol. The summed E-state index contributed by atoms with van der Waals surface area (Å²) in [5, 5.41) is 6.69. The molecule has 1 aliphatic carbocycles. The number of pyridine rings is 2. The molecule has 8 nitrogen and oxygen atoms in total. The van der Waals surface area contributed by atoms with E-state index < -0.39 is 5.82 Å². The normalized spacial score (nSPS) is 21.4. The van der Waals surface area contributed by atoms with Gasteiger partial charge in [0.1, 0.15) is 12.3 Å². The Morgan fingerprint density at radius 3 is 2.66 bits per heavy atom. The fourth-order valence-electron chi connectivity index (χ4n) is 8.00. The third-order valence-corrected chi connectivity index (χ3v) is 10.8. The van der Waals surface area contributed by atoms with E-state index in [2.05, 4.69) is 4.90 Å². The van der Waals surface area contributed by atoms with Gasteiger partial charge >= 0.3 is 0 Å². The van der Waals surface area contributed by atoms with E-state index in [0.717, 1.165) is 86.4 Å². The molecule has 0 amide bonds. The lowest BCUT2D eigenvalue weighted by atomic mass is 9.95. The summed E-state index contributed by atoms with van der Waals surface area (Å²) in [6, 6.07) is 13.4. The van der Waals surface area contributed by atoms with Crippen molar-refractivity contribution >= 4 is 39.1 Å². The van der Waals surface area contributed by atoms with E-state index in [1.54, 1.807) is 16.8 Å². The molecule has 0 radical (unpaired) electrons. The van der Waals surface area contributed by atoms with Crippen LogP contribution >= 0.6 is 11.6 Å². The van der Waals surface area contributed by atoms with Crippen LogP contribution in [0, 0.1) is 5.82 Å². The van der Waals surface area contributed by atoms with Crippen molar-refractivity contribution < 1.29 is 13.9 Å². The maximum absolute atomic E-state index is 17.7. The third kappa shape index (κ3) is 4.92. The Morgan fingerprint density at radius 2 is 1.85 bits per heavy atom. The van der Waals surface area contributed by atoms with Crippen LogP contribution in [0.3, 0.4) is 0 Å². The van der Waals surface area contributed by atoms with E-state index in [0.29, 0.717) is 40.8 Å². The third-order valence-electron chi connectivity index (χ3n) is 10.5. The Morgan fingerprint density at radius 1 is 1.00 bits per heavy atom. The standard InChI is InChI=1S/C37H37ClFN5O3/c38-26-17-27-25(19-40-44(27)30-12-6-8-16-46-30)32(31(26)23-13-14-23)35-34(39)36-33-28(18-29(45)43(36)20-22-9-3-1-4-10-22)42-15-7-2-5-11-24(42)21-47-37(33)41-35/h1,3-4,9-10,17-19,23-24,30H,2,5-8,11-16,20-21H2. The molecule has 5 aromatic rings. The molecule has 3 aliphatic heterocycles. The number of hydrogen-bond acceptors (Lipinski definition) is 6. The molecule has 0 N–H and O–H groups in total. The smallest absolute Gasteiger partial charge is 0.253 e. The number of nitrogens with zero attached hydrogens (tertiary/aromatic N) is 5. The molecule has 242 valence electrons. The first kappa shape index (κ1) is 29.2. The zero-order valence-electron chi connectivity index (χ0n) is 26.3. The summed E-state index contributed by atoms with van der Waals surface area (Å²) in [7, 11) is 0. The van der Waals surface area contributed by atoms with Gasteiger partial charge in [-0.25, -0.2) is 14.1 Å². The maximum atomic E-state index is 17.7. The van der Waals surface area contributed by atoms with Gasteiger partial charge < -0.3 is 18.9 Å². The highest BCUT2D eigenvalue weighted by molar-refractivity contribution is 6.33. The number of ether oxygens (including phenoxy) is 2. The molecule has 2 aromatic carbocycles. The van der Waals surface area contributed by atoms with Gasteiger partial charge in [-0.1, -0.05) is 54.8 Å². The molecule has 4 aliphatic rings. The fraction of sp³-hybridized carbons (Fsp3) is 0.432. The van der Waals surface area contributed by atoms with Crippen molar-refractivity contribution in [2.75, 3.05) is 24.7 Å². The van der Waals surface area contributed by atoms with Crippen LogP contribution in [0.15, 0.2) is 53.5 Å². The Labute approximate surface area is 277 Å². The Kier molecular flexibility index (Phi) is 7.23. The Bertz CT molecular complexity index is 2070. The second-order valence-corrected chi connectivity index (χ2v) is 13.9. The van der Waals surface area contributed by atoms with Crippen molar-refractivity contribution in [1.29, 1.82) is 0 Å². The van der Waals surface area contributed by atoms with Gasteiger partial charge in [-0.15, -0.1) is 0 Å². The largest absolute Gasteiger partial charge is 0.475 e. The number of anilines is 1. The molecule has 9 rings (SSSR count). The number of aromatic nitrogens is 4. The summed E-state index contributed by atoms with van der Waals surface area (Å²) in [4.78, 5) is 21.4. The first-order valence-corrected chi connectivity index (χ1v) is 17.5. The lowest BCUT2D eigenvalue weighted by Gasteiger charge is -2.30. The van der Waals surface area contributed by atoms with Crippen molar-refractivity contribution in [3.8, 4) is 17.1 Å². The van der Waals surface area contributed by atoms with Crippen molar-refractivity contribution in [3.63, 3.8) is 0 Å². The van der Waals surface area contributed by atoms with E-state index in [4.69, 9.17) is 31.2 Å². The van der Waals surface area contributed by atoms with E-state index in [1.165, 1.54) is 0 Å². The van der Waals surface area contributed by atoms with Gasteiger partial charge in [-0.3, -0.25) is 4.79 Å². The molecule has 6 heterocycles. The molecule has 47 heavy (non-hydrogen) atoms. The van der Waals surface area contributed by atoms with Crippen LogP contribution < -0.4 is 15.2 Å². The predicted octanol–water partition coefficient (Wildman–Crippen LogP) is 7.97. The van der Waals surface area contributed by atoms with Crippen LogP contribution in [0.4, 0.5) is 10.1 Å². The van der Waals surface area contributed by atoms with Crippen LogP contribution in [0.5, 0.6) is 5.88 Å². The van der Waals surface area contributed by atoms with Gasteiger partial charge in [0.15, 0.2) is 12.0 Å². The molecule has 3 aromatic heterocycles. The number of rotatable bonds is 5. The molecule has 0 bridgehead atoms. The highest BCUT2D eigenvalue weighted by Crippen LogP contribution is 2.52. The van der Waals surface area contributed by atoms with Gasteiger partial charge in [0.2, 0.25) is 5.88 Å². The average Bonchev–Trinajstić information content (AvgIpc) is 3.90. The summed E-state index contributed by atoms with van der Waals surface area (Å²) in [5.41, 5.74) is 4.07. The van der Waals surface area contributed by atoms with Gasteiger partial charge in [-0.05, 0) is 68.1 Å². The molecule has 2 atom stereocenters. The maximum Gasteiger partial charge on any atom is 0.253 e. The van der Waals surface area contributed by atoms with Crippen molar-refractivity contribution in [2.24, 2.45) is 0 Å². The van der Waals surface area contributed by atoms with Crippen LogP contribution in [0.1, 0.15) is 81.1 Å². The SMILES string of the molecule is O=c1cc2c3c(nc(-c4c(C5CC5)c(Cl)cc5c4cnn5C4CCCCO4)c(F)c3n1Cc1ccccc1)OCC1CCCCCN21. The van der Waals surface area contributed by atoms with Gasteiger partial charge in [0.05, 0.1) is 40.9 Å². The molecule has 10 heteroatoms. The number of hydrogen-bond donors (Lipinski definition) is 0. The van der Waals surface area contributed by atoms with Crippen molar-refractivity contribution in [2.45, 2.75) is 82.5 Å². The van der Waals surface area contributed by atoms with Crippen LogP contribution in [-0.2, 0) is 11.3 Å². The highest BCUT2D eigenvalue weighted by Gasteiger charge is 2.36. The topological polar surface area (TPSA) is 74.4 Å². The number of benzene rings is 2. The average molecular weight is 654 g/mol. The lowest BCUT2D eigenvalue weighted by molar-refractivity contribution is -0.0366. The zero-order valence-corrected chi connectivity index (χ0v) is 27.0. The van der Waals surface area contributed by atoms with Gasteiger partial charge in [0, 0.05) is 35.2 Å². The van der Waals surface area contributed by atoms with E-state index in [9.17, 15) is 4.79 Å². The Hall–Kier alpha value is -3.95. The van der Waals surface area contributed by atoms with Crippen LogP contribution in [0.25, 0.3) is 33.1 Å². The molecular weight excluding hydrogens is 617 g/mol. The molecule has 2 unspecified atom stereocenters. The van der Waals surface area contributed by atoms with Crippen LogP contribution in [0.2, 0.25) is 5.02 Å². The number of fused-ring (bicyclic) bond motifs is 3. The summed E-state index contributed by atoms with van der Waals surface area (Å²) in [5.74, 6) is 0.0190. The second-order valence-electron chi connectivity index (χ2n) is 13.5. The van der Waals surface area contributed by atoms with Crippen molar-refractivity contribution in [1.82, 2.24) is 19.3 Å². The zero-order chi connectivity index (χ0) is 31.6. The van der Waals surface area contributed by atoms with E-state index >= 15 is 4.39 Å². The first-order chi connectivity index (χ1) is 23.1. The number of halogens is 2. The second kappa shape index (κ2) is 11.6. The summed E-state index contributed by atoms with van der Waals surface area (Å²) < 4.78 is 33.8. The summed E-state index contributed by atoms with van der Waals surface area (Å²) in [6.45, 7) is 2.11. The summed E-state index contributed by atoms with van der Waals surface area (Å²) >= 11 is 7.10. The van der Waals surface area contributed by atoms with Crippen LogP contribution in [-0.4, -0.2) is 45.1 Å². The Balaban J connectivity index is 1.34. The quantitative estimate of drug-likeness (QED) is 0.192. The minimum atomic E-state index is -0.539. The van der Waals surface area contributed by atoms with E-state index in [1.807, 2.05) is 41.1 Å². The minimum absolute atomic E-state index is 0.0828. The molecule has 2 saturated heterocycles. The minimum Gasteiger partial charge on any atom is -0.475 e. The van der Waals surface area contributed by atoms with Gasteiger partial charge in [-0.2, -0.15) is 5.10 Å².